The zero-order valence-corrected chi connectivity index (χ0v) is 15.4. The number of rotatable bonds is 3. The van der Waals surface area contributed by atoms with Crippen LogP contribution in [0.5, 0.6) is 0 Å². The molecule has 0 bridgehead atoms. The molecule has 31 heavy (non-hydrogen) atoms. The lowest BCUT2D eigenvalue weighted by molar-refractivity contribution is -0.141. The Bertz CT molecular complexity index is 937. The number of piperidine rings is 1. The topological polar surface area (TPSA) is 111 Å². The highest BCUT2D eigenvalue weighted by Crippen LogP contribution is 2.29. The number of halogens is 6. The van der Waals surface area contributed by atoms with Crippen LogP contribution in [0.2, 0.25) is 0 Å². The first-order chi connectivity index (χ1) is 14.4. The largest absolute Gasteiger partial charge is 0.434 e. The first-order valence-electron chi connectivity index (χ1n) is 8.70. The summed E-state index contributed by atoms with van der Waals surface area (Å²) < 4.78 is 76.3. The van der Waals surface area contributed by atoms with Crippen molar-refractivity contribution in [3.63, 3.8) is 0 Å². The van der Waals surface area contributed by atoms with Gasteiger partial charge in [-0.2, -0.15) is 26.3 Å². The van der Waals surface area contributed by atoms with Crippen molar-refractivity contribution >= 4 is 11.7 Å². The van der Waals surface area contributed by atoms with E-state index in [9.17, 15) is 41.4 Å². The van der Waals surface area contributed by atoms with Crippen molar-refractivity contribution in [2.45, 2.75) is 30.6 Å². The summed E-state index contributed by atoms with van der Waals surface area (Å²) >= 11 is 0. The Morgan fingerprint density at radius 2 is 1.74 bits per heavy atom. The molecule has 0 spiro atoms. The Kier molecular flexibility index (Phi) is 6.04. The molecule has 1 fully saturated rings. The van der Waals surface area contributed by atoms with E-state index in [-0.39, 0.29) is 24.6 Å². The van der Waals surface area contributed by atoms with Gasteiger partial charge in [0, 0.05) is 19.3 Å². The average molecular weight is 451 g/mol. The highest BCUT2D eigenvalue weighted by atomic mass is 19.4. The van der Waals surface area contributed by atoms with Crippen molar-refractivity contribution in [3.05, 3.63) is 47.7 Å². The molecular weight excluding hydrogens is 436 g/mol. The fourth-order valence-corrected chi connectivity index (χ4v) is 2.93. The maximum atomic E-state index is 12.8. The molecule has 1 saturated heterocycles. The summed E-state index contributed by atoms with van der Waals surface area (Å²) in [5.41, 5.74) is -2.68. The van der Waals surface area contributed by atoms with Crippen LogP contribution in [0.3, 0.4) is 0 Å². The Labute approximate surface area is 170 Å². The number of hydrogen-bond acceptors (Lipinski definition) is 7. The fraction of sp³-hybridized carbons (Fsp3) is 0.412. The number of carbonyl (C=O) groups excluding carboxylic acids is 1. The normalized spacial score (nSPS) is 22.3. The van der Waals surface area contributed by atoms with E-state index in [2.05, 4.69) is 20.3 Å². The fourth-order valence-electron chi connectivity index (χ4n) is 2.93. The van der Waals surface area contributed by atoms with Gasteiger partial charge in [-0.3, -0.25) is 14.8 Å². The minimum absolute atomic E-state index is 0.294. The molecule has 0 aliphatic carbocycles. The zero-order chi connectivity index (χ0) is 23.0. The minimum Gasteiger partial charge on any atom is -0.388 e. The number of nitrogens with one attached hydrogen (secondary N) is 1. The number of alkyl halides is 6. The molecular formula is C17H15F6N5O3. The summed E-state index contributed by atoms with van der Waals surface area (Å²) in [4.78, 5) is 23.8. The molecule has 0 radical (unpaired) electrons. The summed E-state index contributed by atoms with van der Waals surface area (Å²) in [6, 6.07) is 0.395. The van der Waals surface area contributed by atoms with E-state index in [0.717, 1.165) is 17.2 Å². The predicted octanol–water partition coefficient (Wildman–Crippen LogP) is 1.57. The standard InChI is InChI=1S/C17H15F6N5O3/c18-16(19,20)8-1-2-9(25-3-8)15(31)28-6-10(14(30)11(29)7-28)26-13-5-24-4-12(27-13)17(21,22)23/h1-5,10-11,14,29-30H,6-7H2,(H,26,27)/t10-,11-,14+/m0/s1. The third-order valence-electron chi connectivity index (χ3n) is 4.49. The van der Waals surface area contributed by atoms with Gasteiger partial charge in [-0.15, -0.1) is 0 Å². The van der Waals surface area contributed by atoms with Crippen molar-refractivity contribution in [2.24, 2.45) is 0 Å². The summed E-state index contributed by atoms with van der Waals surface area (Å²) in [6.45, 7) is -0.660. The molecule has 0 saturated carbocycles. The van der Waals surface area contributed by atoms with E-state index < -0.39 is 47.8 Å². The second kappa shape index (κ2) is 8.26. The number of β-amino-alcohol motifs (C(OH)–C–C–N with tert-alkyl or cyclic N) is 1. The van der Waals surface area contributed by atoms with Crippen molar-refractivity contribution in [1.82, 2.24) is 19.9 Å². The summed E-state index contributed by atoms with van der Waals surface area (Å²) in [5.74, 6) is -1.19. The number of aliphatic hydroxyl groups excluding tert-OH is 2. The van der Waals surface area contributed by atoms with Crippen molar-refractivity contribution in [2.75, 3.05) is 18.4 Å². The van der Waals surface area contributed by atoms with Crippen LogP contribution >= 0.6 is 0 Å². The van der Waals surface area contributed by atoms with E-state index >= 15 is 0 Å². The van der Waals surface area contributed by atoms with E-state index in [1.54, 1.807) is 0 Å². The van der Waals surface area contributed by atoms with Crippen LogP contribution in [0.15, 0.2) is 30.7 Å². The van der Waals surface area contributed by atoms with Gasteiger partial charge in [0.15, 0.2) is 5.69 Å². The van der Waals surface area contributed by atoms with Crippen LogP contribution in [-0.4, -0.2) is 67.3 Å². The van der Waals surface area contributed by atoms with E-state index in [1.165, 1.54) is 0 Å². The van der Waals surface area contributed by atoms with Gasteiger partial charge in [-0.05, 0) is 12.1 Å². The van der Waals surface area contributed by atoms with Gasteiger partial charge in [0.05, 0.1) is 30.1 Å². The highest BCUT2D eigenvalue weighted by molar-refractivity contribution is 5.92. The summed E-state index contributed by atoms with van der Waals surface area (Å²) in [7, 11) is 0. The third kappa shape index (κ3) is 5.19. The first-order valence-corrected chi connectivity index (χ1v) is 8.70. The van der Waals surface area contributed by atoms with Gasteiger partial charge in [0.25, 0.3) is 5.91 Å². The molecule has 0 aromatic carbocycles. The number of aliphatic hydroxyl groups is 2. The van der Waals surface area contributed by atoms with E-state index in [4.69, 9.17) is 0 Å². The highest BCUT2D eigenvalue weighted by Gasteiger charge is 2.39. The second-order valence-corrected chi connectivity index (χ2v) is 6.74. The monoisotopic (exact) mass is 451 g/mol. The van der Waals surface area contributed by atoms with Gasteiger partial charge in [-0.25, -0.2) is 4.98 Å². The Balaban J connectivity index is 1.76. The van der Waals surface area contributed by atoms with Crippen LogP contribution < -0.4 is 5.32 Å². The molecule has 1 amide bonds. The zero-order valence-electron chi connectivity index (χ0n) is 15.4. The van der Waals surface area contributed by atoms with Gasteiger partial charge in [-0.1, -0.05) is 0 Å². The second-order valence-electron chi connectivity index (χ2n) is 6.74. The van der Waals surface area contributed by atoms with Crippen molar-refractivity contribution < 1.29 is 41.4 Å². The number of carbonyl (C=O) groups is 1. The molecule has 3 N–H and O–H groups in total. The smallest absolute Gasteiger partial charge is 0.388 e. The van der Waals surface area contributed by atoms with Gasteiger partial charge >= 0.3 is 12.4 Å². The number of nitrogens with zero attached hydrogens (tertiary/aromatic N) is 4. The molecule has 14 heteroatoms. The van der Waals surface area contributed by atoms with E-state index in [1.807, 2.05) is 0 Å². The van der Waals surface area contributed by atoms with Crippen LogP contribution in [0.4, 0.5) is 32.2 Å². The lowest BCUT2D eigenvalue weighted by Gasteiger charge is -2.39. The van der Waals surface area contributed by atoms with Crippen LogP contribution in [-0.2, 0) is 12.4 Å². The molecule has 3 rings (SSSR count). The maximum absolute atomic E-state index is 12.8. The number of aromatic nitrogens is 3. The van der Waals surface area contributed by atoms with Crippen LogP contribution in [0, 0.1) is 0 Å². The Hall–Kier alpha value is -3.00. The van der Waals surface area contributed by atoms with Crippen molar-refractivity contribution in [1.29, 1.82) is 0 Å². The minimum atomic E-state index is -4.76. The molecule has 3 heterocycles. The summed E-state index contributed by atoms with van der Waals surface area (Å²) in [6.07, 6.45) is -10.4. The number of hydrogen-bond donors (Lipinski definition) is 3. The van der Waals surface area contributed by atoms with Gasteiger partial charge < -0.3 is 20.4 Å². The SMILES string of the molecule is O=C(c1ccc(C(F)(F)F)cn1)N1C[C@H](Nc2cncc(C(F)(F)F)n2)[C@@H](O)[C@@H](O)C1. The molecule has 8 nitrogen and oxygen atoms in total. The maximum Gasteiger partial charge on any atom is 0.434 e. The van der Waals surface area contributed by atoms with Crippen LogP contribution in [0.1, 0.15) is 21.7 Å². The lowest BCUT2D eigenvalue weighted by atomic mass is 9.99. The number of likely N-dealkylation sites (tertiary alicyclic amines) is 1. The number of pyridine rings is 1. The third-order valence-corrected chi connectivity index (χ3v) is 4.49. The Morgan fingerprint density at radius 3 is 2.32 bits per heavy atom. The molecule has 0 unspecified atom stereocenters. The summed E-state index contributed by atoms with van der Waals surface area (Å²) in [5, 5.41) is 22.7. The lowest BCUT2D eigenvalue weighted by Crippen LogP contribution is -2.59. The molecule has 2 aromatic rings. The molecule has 3 atom stereocenters. The quantitative estimate of drug-likeness (QED) is 0.608. The van der Waals surface area contributed by atoms with E-state index in [0.29, 0.717) is 18.5 Å². The van der Waals surface area contributed by atoms with Gasteiger partial charge in [0.2, 0.25) is 0 Å². The molecule has 168 valence electrons. The molecule has 2 aromatic heterocycles. The van der Waals surface area contributed by atoms with Gasteiger partial charge in [0.1, 0.15) is 17.6 Å². The van der Waals surface area contributed by atoms with Crippen molar-refractivity contribution in [3.8, 4) is 0 Å². The average Bonchev–Trinajstić information content (AvgIpc) is 2.70. The number of anilines is 1. The Morgan fingerprint density at radius 1 is 1.03 bits per heavy atom. The number of amides is 1. The molecule has 1 aliphatic heterocycles. The van der Waals surface area contributed by atoms with Crippen LogP contribution in [0.25, 0.3) is 0 Å². The molecule has 1 aliphatic rings. The first kappa shape index (κ1) is 22.7. The predicted molar refractivity (Wildman–Crippen MR) is 91.6 cm³/mol.